The second kappa shape index (κ2) is 8.02. The molecule has 1 aromatic carbocycles. The summed E-state index contributed by atoms with van der Waals surface area (Å²) in [5.41, 5.74) is 2.12. The fraction of sp³-hybridized carbons (Fsp3) is 0.500. The molecule has 0 aliphatic carbocycles. The molecular weight excluding hydrogens is 384 g/mol. The summed E-state index contributed by atoms with van der Waals surface area (Å²) in [5.74, 6) is 1.13. The number of amides is 1. The zero-order chi connectivity index (χ0) is 19.6. The monoisotopic (exact) mass is 408 g/mol. The van der Waals surface area contributed by atoms with Gasteiger partial charge in [-0.15, -0.1) is 10.2 Å². The van der Waals surface area contributed by atoms with E-state index in [1.54, 1.807) is 4.90 Å². The summed E-state index contributed by atoms with van der Waals surface area (Å²) in [4.78, 5) is 14.3. The zero-order valence-corrected chi connectivity index (χ0v) is 17.4. The average molecular weight is 409 g/mol. The van der Waals surface area contributed by atoms with Crippen LogP contribution in [0.5, 0.6) is 0 Å². The Balaban J connectivity index is 1.67. The molecule has 1 amide bonds. The van der Waals surface area contributed by atoms with Crippen LogP contribution in [0, 0.1) is 6.92 Å². The van der Waals surface area contributed by atoms with Crippen molar-refractivity contribution in [3.63, 3.8) is 0 Å². The molecule has 0 radical (unpaired) electrons. The van der Waals surface area contributed by atoms with Crippen molar-refractivity contribution < 1.29 is 13.2 Å². The van der Waals surface area contributed by atoms with E-state index in [0.717, 1.165) is 17.0 Å². The summed E-state index contributed by atoms with van der Waals surface area (Å²) < 4.78 is 25.3. The predicted molar refractivity (Wildman–Crippen MR) is 106 cm³/mol. The first-order valence-electron chi connectivity index (χ1n) is 8.90. The Kier molecular flexibility index (Phi) is 5.90. The first kappa shape index (κ1) is 19.9. The van der Waals surface area contributed by atoms with Crippen molar-refractivity contribution in [2.75, 3.05) is 23.8 Å². The second-order valence-electron chi connectivity index (χ2n) is 6.76. The third-order valence-corrected chi connectivity index (χ3v) is 7.50. The van der Waals surface area contributed by atoms with Crippen LogP contribution >= 0.6 is 11.8 Å². The molecule has 1 aliphatic heterocycles. The number of aryl methyl sites for hydroxylation is 1. The van der Waals surface area contributed by atoms with Crippen molar-refractivity contribution in [3.8, 4) is 11.4 Å². The molecule has 2 heterocycles. The highest BCUT2D eigenvalue weighted by Crippen LogP contribution is 2.24. The summed E-state index contributed by atoms with van der Waals surface area (Å²) >= 11 is 1.33. The molecule has 1 saturated heterocycles. The predicted octanol–water partition coefficient (Wildman–Crippen LogP) is 1.92. The fourth-order valence-corrected chi connectivity index (χ4v) is 5.87. The van der Waals surface area contributed by atoms with Gasteiger partial charge in [-0.1, -0.05) is 35.5 Å². The van der Waals surface area contributed by atoms with Gasteiger partial charge in [0.15, 0.2) is 20.8 Å². The van der Waals surface area contributed by atoms with Crippen LogP contribution in [-0.2, 0) is 21.7 Å². The van der Waals surface area contributed by atoms with Gasteiger partial charge in [0.05, 0.1) is 17.3 Å². The minimum atomic E-state index is -3.02. The first-order chi connectivity index (χ1) is 12.8. The quantitative estimate of drug-likeness (QED) is 0.679. The van der Waals surface area contributed by atoms with Crippen LogP contribution in [0.2, 0.25) is 0 Å². The Morgan fingerprint density at radius 3 is 2.78 bits per heavy atom. The van der Waals surface area contributed by atoms with Gasteiger partial charge in [-0.05, 0) is 26.3 Å². The number of hydrogen-bond donors (Lipinski definition) is 0. The Bertz CT molecular complexity index is 940. The third-order valence-electron chi connectivity index (χ3n) is 4.75. The van der Waals surface area contributed by atoms with E-state index >= 15 is 0 Å². The number of benzene rings is 1. The van der Waals surface area contributed by atoms with Crippen LogP contribution in [0.1, 0.15) is 18.9 Å². The molecule has 146 valence electrons. The molecule has 0 N–H and O–H groups in total. The molecule has 1 fully saturated rings. The number of carbonyl (C=O) groups is 1. The van der Waals surface area contributed by atoms with E-state index in [2.05, 4.69) is 10.2 Å². The number of thioether (sulfide) groups is 1. The van der Waals surface area contributed by atoms with Gasteiger partial charge in [0.25, 0.3) is 0 Å². The number of nitrogens with zero attached hydrogens (tertiary/aromatic N) is 4. The summed E-state index contributed by atoms with van der Waals surface area (Å²) in [6.45, 7) is 4.41. The number of rotatable bonds is 6. The highest BCUT2D eigenvalue weighted by molar-refractivity contribution is 7.99. The molecule has 0 spiro atoms. The van der Waals surface area contributed by atoms with Gasteiger partial charge in [-0.3, -0.25) is 4.79 Å². The maximum atomic E-state index is 12.6. The standard InChI is InChI=1S/C18H24N4O3S2/c1-4-22(15-8-9-27(24,25)12-15)16(23)11-26-18-20-19-17(21(18)3)14-7-5-6-13(2)10-14/h5-7,10,15H,4,8-9,11-12H2,1-3H3/t15-/m1/s1. The van der Waals surface area contributed by atoms with Gasteiger partial charge >= 0.3 is 0 Å². The van der Waals surface area contributed by atoms with Gasteiger partial charge in [0, 0.05) is 25.2 Å². The molecule has 1 atom stereocenters. The lowest BCUT2D eigenvalue weighted by molar-refractivity contribution is -0.129. The normalized spacial score (nSPS) is 18.6. The summed E-state index contributed by atoms with van der Waals surface area (Å²) in [5, 5.41) is 9.13. The van der Waals surface area contributed by atoms with Gasteiger partial charge in [0.1, 0.15) is 0 Å². The van der Waals surface area contributed by atoms with E-state index in [9.17, 15) is 13.2 Å². The van der Waals surface area contributed by atoms with Crippen molar-refractivity contribution in [2.24, 2.45) is 7.05 Å². The smallest absolute Gasteiger partial charge is 0.233 e. The lowest BCUT2D eigenvalue weighted by Gasteiger charge is -2.26. The first-order valence-corrected chi connectivity index (χ1v) is 11.7. The molecule has 7 nitrogen and oxygen atoms in total. The van der Waals surface area contributed by atoms with Crippen LogP contribution in [0.4, 0.5) is 0 Å². The molecule has 3 rings (SSSR count). The molecule has 0 unspecified atom stereocenters. The van der Waals surface area contributed by atoms with Gasteiger partial charge in [0.2, 0.25) is 5.91 Å². The SMILES string of the molecule is CCN(C(=O)CSc1nnc(-c2cccc(C)c2)n1C)[C@@H]1CCS(=O)(=O)C1. The van der Waals surface area contributed by atoms with E-state index in [0.29, 0.717) is 18.1 Å². The molecule has 0 bridgehead atoms. The minimum absolute atomic E-state index is 0.0651. The van der Waals surface area contributed by atoms with Crippen LogP contribution in [0.15, 0.2) is 29.4 Å². The minimum Gasteiger partial charge on any atom is -0.338 e. The van der Waals surface area contributed by atoms with E-state index in [-0.39, 0.29) is 29.2 Å². The summed E-state index contributed by atoms with van der Waals surface area (Å²) in [7, 11) is -1.14. The summed E-state index contributed by atoms with van der Waals surface area (Å²) in [6, 6.07) is 7.82. The fourth-order valence-electron chi connectivity index (χ4n) is 3.34. The Labute approximate surface area is 164 Å². The molecule has 0 saturated carbocycles. The Morgan fingerprint density at radius 1 is 1.37 bits per heavy atom. The van der Waals surface area contributed by atoms with E-state index in [1.165, 1.54) is 11.8 Å². The number of carbonyl (C=O) groups excluding carboxylic acids is 1. The Hall–Kier alpha value is -1.87. The molecule has 2 aromatic rings. The van der Waals surface area contributed by atoms with Crippen LogP contribution < -0.4 is 0 Å². The van der Waals surface area contributed by atoms with Gasteiger partial charge in [-0.2, -0.15) is 0 Å². The van der Waals surface area contributed by atoms with Crippen molar-refractivity contribution in [2.45, 2.75) is 31.5 Å². The zero-order valence-electron chi connectivity index (χ0n) is 15.8. The Morgan fingerprint density at radius 2 is 2.15 bits per heavy atom. The van der Waals surface area contributed by atoms with Gasteiger partial charge in [-0.25, -0.2) is 8.42 Å². The van der Waals surface area contributed by atoms with Crippen molar-refractivity contribution in [3.05, 3.63) is 29.8 Å². The van der Waals surface area contributed by atoms with Crippen molar-refractivity contribution in [1.82, 2.24) is 19.7 Å². The lowest BCUT2D eigenvalue weighted by Crippen LogP contribution is -2.42. The second-order valence-corrected chi connectivity index (χ2v) is 9.93. The van der Waals surface area contributed by atoms with E-state index < -0.39 is 9.84 Å². The highest BCUT2D eigenvalue weighted by Gasteiger charge is 2.33. The van der Waals surface area contributed by atoms with Gasteiger partial charge < -0.3 is 9.47 Å². The van der Waals surface area contributed by atoms with Crippen LogP contribution in [0.25, 0.3) is 11.4 Å². The molecular formula is C18H24N4O3S2. The largest absolute Gasteiger partial charge is 0.338 e. The molecule has 27 heavy (non-hydrogen) atoms. The molecule has 9 heteroatoms. The average Bonchev–Trinajstić information content (AvgIpc) is 3.16. The topological polar surface area (TPSA) is 85.2 Å². The van der Waals surface area contributed by atoms with Crippen LogP contribution in [0.3, 0.4) is 0 Å². The van der Waals surface area contributed by atoms with Crippen molar-refractivity contribution in [1.29, 1.82) is 0 Å². The van der Waals surface area contributed by atoms with Crippen LogP contribution in [-0.4, -0.2) is 63.8 Å². The maximum Gasteiger partial charge on any atom is 0.233 e. The lowest BCUT2D eigenvalue weighted by atomic mass is 10.1. The van der Waals surface area contributed by atoms with E-state index in [1.807, 2.05) is 49.7 Å². The number of aromatic nitrogens is 3. The van der Waals surface area contributed by atoms with Crippen molar-refractivity contribution >= 4 is 27.5 Å². The maximum absolute atomic E-state index is 12.6. The third kappa shape index (κ3) is 4.52. The number of hydrogen-bond acceptors (Lipinski definition) is 6. The number of sulfone groups is 1. The molecule has 1 aliphatic rings. The summed E-state index contributed by atoms with van der Waals surface area (Å²) in [6.07, 6.45) is 0.522. The molecule has 1 aromatic heterocycles. The highest BCUT2D eigenvalue weighted by atomic mass is 32.2. The van der Waals surface area contributed by atoms with E-state index in [4.69, 9.17) is 0 Å².